The molecule has 0 spiro atoms. The van der Waals surface area contributed by atoms with Crippen molar-refractivity contribution in [3.8, 4) is 0 Å². The molecule has 72 valence electrons. The molecule has 0 aromatic heterocycles. The summed E-state index contributed by atoms with van der Waals surface area (Å²) in [6, 6.07) is 0. The highest BCUT2D eigenvalue weighted by Gasteiger charge is 2.46. The maximum absolute atomic E-state index is 12.2. The molecule has 0 saturated carbocycles. The van der Waals surface area contributed by atoms with Gasteiger partial charge in [-0.3, -0.25) is 4.79 Å². The maximum Gasteiger partial charge on any atom is 0.432 e. The standard InChI is InChI=1S/C7H7F3N2O/c1-2-3-4-5(7(8,9)10)11-12-6(4)13/h2,4H,1,3H2,(H,12,13). The summed E-state index contributed by atoms with van der Waals surface area (Å²) < 4.78 is 36.5. The highest BCUT2D eigenvalue weighted by molar-refractivity contribution is 6.10. The Labute approximate surface area is 72.3 Å². The highest BCUT2D eigenvalue weighted by atomic mass is 19.4. The fourth-order valence-corrected chi connectivity index (χ4v) is 1.04. The average molecular weight is 192 g/mol. The second-order valence-corrected chi connectivity index (χ2v) is 2.55. The number of rotatable bonds is 2. The van der Waals surface area contributed by atoms with E-state index in [4.69, 9.17) is 0 Å². The molecule has 0 bridgehead atoms. The minimum Gasteiger partial charge on any atom is -0.272 e. The number of carbonyl (C=O) groups is 1. The van der Waals surface area contributed by atoms with Crippen molar-refractivity contribution < 1.29 is 18.0 Å². The fraction of sp³-hybridized carbons (Fsp3) is 0.429. The Balaban J connectivity index is 2.85. The lowest BCUT2D eigenvalue weighted by Crippen LogP contribution is -2.31. The van der Waals surface area contributed by atoms with Gasteiger partial charge in [0.25, 0.3) is 0 Å². The van der Waals surface area contributed by atoms with Crippen LogP contribution in [0.2, 0.25) is 0 Å². The van der Waals surface area contributed by atoms with Crippen molar-refractivity contribution in [2.45, 2.75) is 12.6 Å². The number of amides is 1. The van der Waals surface area contributed by atoms with Gasteiger partial charge in [-0.15, -0.1) is 6.58 Å². The van der Waals surface area contributed by atoms with Gasteiger partial charge in [-0.2, -0.15) is 18.3 Å². The highest BCUT2D eigenvalue weighted by Crippen LogP contribution is 2.27. The van der Waals surface area contributed by atoms with Crippen LogP contribution in [0.4, 0.5) is 13.2 Å². The van der Waals surface area contributed by atoms with Crippen LogP contribution in [0.15, 0.2) is 17.8 Å². The SMILES string of the molecule is C=CCC1C(=O)NN=C1C(F)(F)F. The second-order valence-electron chi connectivity index (χ2n) is 2.55. The van der Waals surface area contributed by atoms with Crippen LogP contribution in [0.1, 0.15) is 6.42 Å². The van der Waals surface area contributed by atoms with Gasteiger partial charge in [-0.05, 0) is 6.42 Å². The lowest BCUT2D eigenvalue weighted by Gasteiger charge is -2.10. The van der Waals surface area contributed by atoms with Gasteiger partial charge in [0, 0.05) is 0 Å². The van der Waals surface area contributed by atoms with E-state index in [0.29, 0.717) is 0 Å². The molecule has 1 atom stereocenters. The molecule has 1 N–H and O–H groups in total. The van der Waals surface area contributed by atoms with Crippen molar-refractivity contribution in [3.63, 3.8) is 0 Å². The summed E-state index contributed by atoms with van der Waals surface area (Å²) >= 11 is 0. The number of nitrogens with one attached hydrogen (secondary N) is 1. The van der Waals surface area contributed by atoms with Gasteiger partial charge in [0.2, 0.25) is 5.91 Å². The molecule has 1 unspecified atom stereocenters. The Kier molecular flexibility index (Phi) is 2.40. The van der Waals surface area contributed by atoms with Gasteiger partial charge in [0.1, 0.15) is 0 Å². The minimum absolute atomic E-state index is 0.0514. The summed E-state index contributed by atoms with van der Waals surface area (Å²) in [5.74, 6) is -1.97. The van der Waals surface area contributed by atoms with Crippen LogP contribution in [0, 0.1) is 5.92 Å². The molecule has 0 aliphatic carbocycles. The van der Waals surface area contributed by atoms with Crippen molar-refractivity contribution >= 4 is 11.6 Å². The Morgan fingerprint density at radius 1 is 1.62 bits per heavy atom. The lowest BCUT2D eigenvalue weighted by atomic mass is 9.99. The third kappa shape index (κ3) is 1.88. The van der Waals surface area contributed by atoms with Crippen molar-refractivity contribution in [1.82, 2.24) is 5.43 Å². The van der Waals surface area contributed by atoms with Gasteiger partial charge < -0.3 is 0 Å². The quantitative estimate of drug-likeness (QED) is 0.657. The number of halogens is 3. The maximum atomic E-state index is 12.2. The monoisotopic (exact) mass is 192 g/mol. The first-order chi connectivity index (χ1) is 5.96. The van der Waals surface area contributed by atoms with E-state index in [1.54, 1.807) is 5.43 Å². The molecule has 0 fully saturated rings. The molecular formula is C7H7F3N2O. The van der Waals surface area contributed by atoms with Crippen LogP contribution < -0.4 is 5.43 Å². The number of carbonyl (C=O) groups excluding carboxylic acids is 1. The number of hydrazone groups is 1. The normalized spacial score (nSPS) is 22.5. The van der Waals surface area contributed by atoms with Crippen molar-refractivity contribution in [3.05, 3.63) is 12.7 Å². The first-order valence-corrected chi connectivity index (χ1v) is 3.52. The molecule has 1 amide bonds. The van der Waals surface area contributed by atoms with Crippen molar-refractivity contribution in [2.24, 2.45) is 11.0 Å². The van der Waals surface area contributed by atoms with Crippen LogP contribution in [-0.4, -0.2) is 17.8 Å². The zero-order chi connectivity index (χ0) is 10.1. The molecule has 1 aliphatic rings. The van der Waals surface area contributed by atoms with Crippen molar-refractivity contribution in [1.29, 1.82) is 0 Å². The zero-order valence-corrected chi connectivity index (χ0v) is 6.56. The summed E-state index contributed by atoms with van der Waals surface area (Å²) in [5, 5.41) is 2.93. The first kappa shape index (κ1) is 9.76. The number of hydrogen-bond donors (Lipinski definition) is 1. The van der Waals surface area contributed by atoms with E-state index in [2.05, 4.69) is 11.7 Å². The van der Waals surface area contributed by atoms with E-state index < -0.39 is 23.7 Å². The van der Waals surface area contributed by atoms with E-state index in [1.807, 2.05) is 0 Å². The smallest absolute Gasteiger partial charge is 0.272 e. The summed E-state index contributed by atoms with van der Waals surface area (Å²) in [6.45, 7) is 3.27. The van der Waals surface area contributed by atoms with Crippen LogP contribution in [0.5, 0.6) is 0 Å². The molecule has 0 aromatic carbocycles. The predicted octanol–water partition coefficient (Wildman–Crippen LogP) is 1.23. The predicted molar refractivity (Wildman–Crippen MR) is 39.9 cm³/mol. The number of nitrogens with zero attached hydrogens (tertiary/aromatic N) is 1. The lowest BCUT2D eigenvalue weighted by molar-refractivity contribution is -0.122. The summed E-state index contributed by atoms with van der Waals surface area (Å²) in [5.41, 5.74) is 0.720. The summed E-state index contributed by atoms with van der Waals surface area (Å²) in [7, 11) is 0. The molecule has 1 aliphatic heterocycles. The summed E-state index contributed by atoms with van der Waals surface area (Å²) in [6.07, 6.45) is -3.34. The molecular weight excluding hydrogens is 185 g/mol. The molecule has 0 radical (unpaired) electrons. The van der Waals surface area contributed by atoms with Gasteiger partial charge in [-0.25, -0.2) is 5.43 Å². The second kappa shape index (κ2) is 3.20. The third-order valence-corrected chi connectivity index (χ3v) is 1.63. The van der Waals surface area contributed by atoms with Crippen LogP contribution in [0.25, 0.3) is 0 Å². The van der Waals surface area contributed by atoms with Crippen LogP contribution in [-0.2, 0) is 4.79 Å². The molecule has 1 rings (SSSR count). The topological polar surface area (TPSA) is 41.5 Å². The Bertz CT molecular complexity index is 269. The van der Waals surface area contributed by atoms with E-state index in [9.17, 15) is 18.0 Å². The van der Waals surface area contributed by atoms with Gasteiger partial charge in [0.15, 0.2) is 5.71 Å². The van der Waals surface area contributed by atoms with E-state index >= 15 is 0 Å². The van der Waals surface area contributed by atoms with E-state index in [-0.39, 0.29) is 6.42 Å². The average Bonchev–Trinajstić information content (AvgIpc) is 2.32. The number of alkyl halides is 3. The van der Waals surface area contributed by atoms with Crippen molar-refractivity contribution in [2.75, 3.05) is 0 Å². The third-order valence-electron chi connectivity index (χ3n) is 1.63. The molecule has 1 heterocycles. The van der Waals surface area contributed by atoms with Crippen LogP contribution >= 0.6 is 0 Å². The molecule has 6 heteroatoms. The van der Waals surface area contributed by atoms with Gasteiger partial charge in [0.05, 0.1) is 5.92 Å². The Hall–Kier alpha value is -1.33. The molecule has 0 saturated heterocycles. The van der Waals surface area contributed by atoms with Gasteiger partial charge in [-0.1, -0.05) is 6.08 Å². The minimum atomic E-state index is -4.55. The first-order valence-electron chi connectivity index (χ1n) is 3.52. The summed E-state index contributed by atoms with van der Waals surface area (Å²) in [4.78, 5) is 10.8. The Morgan fingerprint density at radius 2 is 2.23 bits per heavy atom. The van der Waals surface area contributed by atoms with Gasteiger partial charge >= 0.3 is 6.18 Å². The number of allylic oxidation sites excluding steroid dienone is 1. The van der Waals surface area contributed by atoms with Crippen LogP contribution in [0.3, 0.4) is 0 Å². The van der Waals surface area contributed by atoms with E-state index in [1.165, 1.54) is 6.08 Å². The molecule has 13 heavy (non-hydrogen) atoms. The zero-order valence-electron chi connectivity index (χ0n) is 6.56. The van der Waals surface area contributed by atoms with E-state index in [0.717, 1.165) is 0 Å². The molecule has 0 aromatic rings. The molecule has 3 nitrogen and oxygen atoms in total. The Morgan fingerprint density at radius 3 is 2.69 bits per heavy atom. The number of hydrogen-bond acceptors (Lipinski definition) is 2. The largest absolute Gasteiger partial charge is 0.432 e. The fourth-order valence-electron chi connectivity index (χ4n) is 1.04.